The number of nitrogens with one attached hydrogen (secondary N) is 1. The lowest BCUT2D eigenvalue weighted by molar-refractivity contribution is 0.226. The van der Waals surface area contributed by atoms with Gasteiger partial charge in [0.25, 0.3) is 0 Å². The average molecular weight is 359 g/mol. The number of piperidine rings is 1. The van der Waals surface area contributed by atoms with Crippen molar-refractivity contribution in [2.24, 2.45) is 0 Å². The van der Waals surface area contributed by atoms with Crippen molar-refractivity contribution >= 4 is 6.08 Å². The first kappa shape index (κ1) is 17.3. The number of aromatic nitrogens is 3. The highest BCUT2D eigenvalue weighted by atomic mass is 19.1. The Balaban J connectivity index is 1.31. The van der Waals surface area contributed by atoms with Crippen LogP contribution in [0.4, 0.5) is 8.78 Å². The lowest BCUT2D eigenvalue weighted by Crippen LogP contribution is -2.35. The Labute approximate surface area is 151 Å². The van der Waals surface area contributed by atoms with Crippen LogP contribution in [0.3, 0.4) is 0 Å². The maximum atomic E-state index is 13.6. The molecule has 138 valence electrons. The molecule has 0 spiro atoms. The summed E-state index contributed by atoms with van der Waals surface area (Å²) in [4.78, 5) is 2.35. The molecule has 1 N–H and O–H groups in total. The summed E-state index contributed by atoms with van der Waals surface area (Å²) in [5.74, 6) is 1.56. The molecule has 0 bridgehead atoms. The van der Waals surface area contributed by atoms with Gasteiger partial charge in [-0.1, -0.05) is 12.2 Å². The van der Waals surface area contributed by atoms with Crippen molar-refractivity contribution in [3.8, 4) is 0 Å². The number of benzene rings is 1. The molecule has 7 heteroatoms. The highest BCUT2D eigenvalue weighted by Crippen LogP contribution is 2.27. The third-order valence-corrected chi connectivity index (χ3v) is 5.23. The second-order valence-corrected chi connectivity index (χ2v) is 6.95. The Morgan fingerprint density at radius 2 is 2.00 bits per heavy atom. The van der Waals surface area contributed by atoms with Gasteiger partial charge in [-0.05, 0) is 38.1 Å². The Morgan fingerprint density at radius 3 is 2.81 bits per heavy atom. The Hall–Kier alpha value is -2.12. The first-order chi connectivity index (χ1) is 12.7. The molecule has 1 aromatic heterocycles. The summed E-state index contributed by atoms with van der Waals surface area (Å²) >= 11 is 0. The van der Waals surface area contributed by atoms with Crippen LogP contribution in [0, 0.1) is 11.6 Å². The van der Waals surface area contributed by atoms with Gasteiger partial charge < -0.3 is 9.88 Å². The minimum atomic E-state index is -0.548. The lowest BCUT2D eigenvalue weighted by atomic mass is 9.95. The number of hydrogen-bond acceptors (Lipinski definition) is 4. The van der Waals surface area contributed by atoms with Gasteiger partial charge in [-0.25, -0.2) is 8.78 Å². The zero-order chi connectivity index (χ0) is 17.9. The Kier molecular flexibility index (Phi) is 5.08. The van der Waals surface area contributed by atoms with Crippen LogP contribution in [0.25, 0.3) is 6.08 Å². The van der Waals surface area contributed by atoms with E-state index >= 15 is 0 Å². The quantitative estimate of drug-likeness (QED) is 0.911. The molecule has 0 radical (unpaired) electrons. The molecule has 2 aliphatic heterocycles. The highest BCUT2D eigenvalue weighted by Gasteiger charge is 2.26. The van der Waals surface area contributed by atoms with Gasteiger partial charge in [-0.2, -0.15) is 0 Å². The van der Waals surface area contributed by atoms with E-state index < -0.39 is 11.6 Å². The summed E-state index contributed by atoms with van der Waals surface area (Å²) < 4.78 is 28.8. The van der Waals surface area contributed by atoms with Gasteiger partial charge in [0.05, 0.1) is 6.54 Å². The Morgan fingerprint density at radius 1 is 1.15 bits per heavy atom. The largest absolute Gasteiger partial charge is 0.312 e. The first-order valence-electron chi connectivity index (χ1n) is 9.17. The van der Waals surface area contributed by atoms with Crippen LogP contribution in [0.5, 0.6) is 0 Å². The second kappa shape index (κ2) is 7.63. The molecule has 0 atom stereocenters. The van der Waals surface area contributed by atoms with E-state index in [1.165, 1.54) is 12.1 Å². The molecule has 0 unspecified atom stereocenters. The van der Waals surface area contributed by atoms with E-state index in [-0.39, 0.29) is 0 Å². The maximum absolute atomic E-state index is 13.6. The fourth-order valence-corrected chi connectivity index (χ4v) is 3.76. The van der Waals surface area contributed by atoms with E-state index in [1.807, 2.05) is 6.08 Å². The van der Waals surface area contributed by atoms with E-state index in [0.29, 0.717) is 11.5 Å². The molecule has 1 aromatic carbocycles. The SMILES string of the molecule is Fc1ccc(/C=C/CN2CCC(c3nnc4n3CCNC4)CC2)c(F)c1. The van der Waals surface area contributed by atoms with Gasteiger partial charge >= 0.3 is 0 Å². The standard InChI is InChI=1S/C19H23F2N5/c20-16-4-3-14(17(21)12-16)2-1-8-25-9-5-15(6-10-25)19-24-23-18-13-22-7-11-26(18)19/h1-4,12,15,22H,5-11,13H2/b2-1+. The molecule has 2 aromatic rings. The molecule has 1 saturated heterocycles. The molecule has 1 fully saturated rings. The van der Waals surface area contributed by atoms with E-state index in [4.69, 9.17) is 0 Å². The van der Waals surface area contributed by atoms with E-state index in [2.05, 4.69) is 25.0 Å². The summed E-state index contributed by atoms with van der Waals surface area (Å²) in [6, 6.07) is 3.67. The Bertz CT molecular complexity index is 793. The van der Waals surface area contributed by atoms with E-state index in [1.54, 1.807) is 6.08 Å². The number of likely N-dealkylation sites (tertiary alicyclic amines) is 1. The van der Waals surface area contributed by atoms with Crippen molar-refractivity contribution in [2.75, 3.05) is 26.2 Å². The normalized spacial score (nSPS) is 19.2. The van der Waals surface area contributed by atoms with Gasteiger partial charge in [-0.15, -0.1) is 10.2 Å². The number of nitrogens with zero attached hydrogens (tertiary/aromatic N) is 4. The monoisotopic (exact) mass is 359 g/mol. The van der Waals surface area contributed by atoms with Crippen LogP contribution in [-0.4, -0.2) is 45.8 Å². The molecule has 5 nitrogen and oxygen atoms in total. The van der Waals surface area contributed by atoms with E-state index in [0.717, 1.165) is 69.8 Å². The summed E-state index contributed by atoms with van der Waals surface area (Å²) in [6.45, 7) is 5.47. The molecule has 2 aliphatic rings. The molecule has 0 amide bonds. The van der Waals surface area contributed by atoms with Crippen LogP contribution in [-0.2, 0) is 13.1 Å². The van der Waals surface area contributed by atoms with Crippen molar-refractivity contribution in [2.45, 2.75) is 31.8 Å². The molecule has 26 heavy (non-hydrogen) atoms. The van der Waals surface area contributed by atoms with Gasteiger partial charge in [0.15, 0.2) is 0 Å². The van der Waals surface area contributed by atoms with Crippen molar-refractivity contribution in [1.82, 2.24) is 25.0 Å². The number of hydrogen-bond donors (Lipinski definition) is 1. The van der Waals surface area contributed by atoms with Crippen LogP contribution >= 0.6 is 0 Å². The fourth-order valence-electron chi connectivity index (χ4n) is 3.76. The van der Waals surface area contributed by atoms with Crippen molar-refractivity contribution in [3.63, 3.8) is 0 Å². The van der Waals surface area contributed by atoms with Crippen LogP contribution in [0.15, 0.2) is 24.3 Å². The smallest absolute Gasteiger partial charge is 0.147 e. The third-order valence-electron chi connectivity index (χ3n) is 5.23. The van der Waals surface area contributed by atoms with Crippen LogP contribution < -0.4 is 5.32 Å². The van der Waals surface area contributed by atoms with Gasteiger partial charge in [0.1, 0.15) is 23.3 Å². The topological polar surface area (TPSA) is 46.0 Å². The minimum Gasteiger partial charge on any atom is -0.312 e. The lowest BCUT2D eigenvalue weighted by Gasteiger charge is -2.31. The van der Waals surface area contributed by atoms with Gasteiger partial charge in [0, 0.05) is 37.2 Å². The van der Waals surface area contributed by atoms with Crippen LogP contribution in [0.1, 0.15) is 36.0 Å². The van der Waals surface area contributed by atoms with Crippen molar-refractivity contribution in [3.05, 3.63) is 53.1 Å². The molecule has 0 saturated carbocycles. The average Bonchev–Trinajstić information content (AvgIpc) is 3.08. The van der Waals surface area contributed by atoms with E-state index in [9.17, 15) is 8.78 Å². The number of rotatable bonds is 4. The molecular formula is C19H23F2N5. The first-order valence-corrected chi connectivity index (χ1v) is 9.17. The van der Waals surface area contributed by atoms with Crippen molar-refractivity contribution in [1.29, 1.82) is 0 Å². The number of fused-ring (bicyclic) bond motifs is 1. The van der Waals surface area contributed by atoms with Gasteiger partial charge in [0.2, 0.25) is 0 Å². The predicted octanol–water partition coefficient (Wildman–Crippen LogP) is 2.55. The molecule has 3 heterocycles. The zero-order valence-corrected chi connectivity index (χ0v) is 14.7. The summed E-state index contributed by atoms with van der Waals surface area (Å²) in [7, 11) is 0. The predicted molar refractivity (Wildman–Crippen MR) is 95.5 cm³/mol. The highest BCUT2D eigenvalue weighted by molar-refractivity contribution is 5.50. The van der Waals surface area contributed by atoms with Crippen molar-refractivity contribution < 1.29 is 8.78 Å². The summed E-state index contributed by atoms with van der Waals surface area (Å²) in [5, 5.41) is 12.1. The zero-order valence-electron chi connectivity index (χ0n) is 14.7. The summed E-state index contributed by atoms with van der Waals surface area (Å²) in [5.41, 5.74) is 0.421. The summed E-state index contributed by atoms with van der Waals surface area (Å²) in [6.07, 6.45) is 5.79. The molecular weight excluding hydrogens is 336 g/mol. The molecule has 0 aliphatic carbocycles. The minimum absolute atomic E-state index is 0.421. The fraction of sp³-hybridized carbons (Fsp3) is 0.474. The molecule has 4 rings (SSSR count). The van der Waals surface area contributed by atoms with Crippen LogP contribution in [0.2, 0.25) is 0 Å². The maximum Gasteiger partial charge on any atom is 0.147 e. The number of halogens is 2. The second-order valence-electron chi connectivity index (χ2n) is 6.95. The van der Waals surface area contributed by atoms with Gasteiger partial charge in [-0.3, -0.25) is 4.90 Å². The third kappa shape index (κ3) is 3.68.